The Kier molecular flexibility index (Phi) is 5.53. The van der Waals surface area contributed by atoms with Crippen LogP contribution in [0, 0.1) is 5.92 Å². The molecule has 1 aliphatic rings. The maximum atomic E-state index is 12.6. The molecule has 1 amide bonds. The van der Waals surface area contributed by atoms with E-state index >= 15 is 0 Å². The first-order valence-electron chi connectivity index (χ1n) is 8.77. The van der Waals surface area contributed by atoms with Crippen LogP contribution in [0.4, 0.5) is 5.69 Å². The summed E-state index contributed by atoms with van der Waals surface area (Å²) >= 11 is 0. The zero-order valence-electron chi connectivity index (χ0n) is 14.9. The number of hydrogen-bond acceptors (Lipinski definition) is 4. The lowest BCUT2D eigenvalue weighted by Gasteiger charge is -2.30. The van der Waals surface area contributed by atoms with Crippen LogP contribution >= 0.6 is 0 Å². The third-order valence-corrected chi connectivity index (χ3v) is 4.71. The fourth-order valence-corrected chi connectivity index (χ4v) is 3.00. The van der Waals surface area contributed by atoms with Crippen molar-refractivity contribution >= 4 is 11.6 Å². The second kappa shape index (κ2) is 8.01. The summed E-state index contributed by atoms with van der Waals surface area (Å²) in [6.45, 7) is 4.59. The van der Waals surface area contributed by atoms with Gasteiger partial charge in [-0.1, -0.05) is 19.1 Å². The molecule has 0 bridgehead atoms. The molecule has 1 aromatic carbocycles. The minimum atomic E-state index is 0.0764. The van der Waals surface area contributed by atoms with Crippen LogP contribution in [-0.4, -0.2) is 36.0 Å². The molecule has 1 aromatic heterocycles. The van der Waals surface area contributed by atoms with E-state index in [-0.39, 0.29) is 5.91 Å². The number of methoxy groups -OCH3 is 1. The standard InChI is InChI=1S/C20H25N3O2/c1-15-7-9-23(10-8-15)20(24)17-11-18(14-21-13-17)22-12-16-3-5-19(25-2)6-4-16/h3-6,11,13-15,22H,7-10,12H2,1-2H3. The van der Waals surface area contributed by atoms with Gasteiger partial charge in [-0.3, -0.25) is 9.78 Å². The number of amides is 1. The van der Waals surface area contributed by atoms with Gasteiger partial charge in [-0.05, 0) is 42.5 Å². The van der Waals surface area contributed by atoms with Gasteiger partial charge in [-0.15, -0.1) is 0 Å². The molecule has 2 aromatic rings. The van der Waals surface area contributed by atoms with Gasteiger partial charge in [0.25, 0.3) is 5.91 Å². The summed E-state index contributed by atoms with van der Waals surface area (Å²) in [6.07, 6.45) is 5.56. The van der Waals surface area contributed by atoms with Crippen molar-refractivity contribution in [2.75, 3.05) is 25.5 Å². The lowest BCUT2D eigenvalue weighted by Crippen LogP contribution is -2.37. The Morgan fingerprint density at radius 2 is 1.96 bits per heavy atom. The van der Waals surface area contributed by atoms with Gasteiger partial charge >= 0.3 is 0 Å². The normalized spacial score (nSPS) is 15.0. The highest BCUT2D eigenvalue weighted by Gasteiger charge is 2.21. The van der Waals surface area contributed by atoms with E-state index in [0.717, 1.165) is 42.9 Å². The number of anilines is 1. The van der Waals surface area contributed by atoms with E-state index in [4.69, 9.17) is 4.74 Å². The number of aromatic nitrogens is 1. The molecule has 132 valence electrons. The Morgan fingerprint density at radius 3 is 2.64 bits per heavy atom. The van der Waals surface area contributed by atoms with Gasteiger partial charge in [0.15, 0.2) is 0 Å². The number of benzene rings is 1. The van der Waals surface area contributed by atoms with Crippen LogP contribution in [0.15, 0.2) is 42.7 Å². The van der Waals surface area contributed by atoms with Gasteiger partial charge in [0.2, 0.25) is 0 Å². The maximum absolute atomic E-state index is 12.6. The van der Waals surface area contributed by atoms with Crippen molar-refractivity contribution in [3.63, 3.8) is 0 Å². The maximum Gasteiger partial charge on any atom is 0.255 e. The summed E-state index contributed by atoms with van der Waals surface area (Å²) in [7, 11) is 1.66. The molecule has 5 heteroatoms. The topological polar surface area (TPSA) is 54.5 Å². The van der Waals surface area contributed by atoms with E-state index in [1.165, 1.54) is 0 Å². The quantitative estimate of drug-likeness (QED) is 0.905. The second-order valence-corrected chi connectivity index (χ2v) is 6.64. The number of rotatable bonds is 5. The van der Waals surface area contributed by atoms with Crippen LogP contribution < -0.4 is 10.1 Å². The number of pyridine rings is 1. The number of nitrogens with one attached hydrogen (secondary N) is 1. The van der Waals surface area contributed by atoms with Gasteiger partial charge in [-0.2, -0.15) is 0 Å². The molecule has 0 spiro atoms. The highest BCUT2D eigenvalue weighted by Crippen LogP contribution is 2.19. The average Bonchev–Trinajstić information content (AvgIpc) is 2.67. The molecule has 1 saturated heterocycles. The van der Waals surface area contributed by atoms with E-state index in [1.54, 1.807) is 19.5 Å². The van der Waals surface area contributed by atoms with Crippen molar-refractivity contribution < 1.29 is 9.53 Å². The summed E-state index contributed by atoms with van der Waals surface area (Å²) in [5.74, 6) is 1.63. The first kappa shape index (κ1) is 17.3. The van der Waals surface area contributed by atoms with Crippen molar-refractivity contribution in [2.45, 2.75) is 26.3 Å². The SMILES string of the molecule is COc1ccc(CNc2cncc(C(=O)N3CCC(C)CC3)c2)cc1. The highest BCUT2D eigenvalue weighted by atomic mass is 16.5. The van der Waals surface area contributed by atoms with E-state index in [1.807, 2.05) is 35.2 Å². The predicted molar refractivity (Wildman–Crippen MR) is 98.9 cm³/mol. The van der Waals surface area contributed by atoms with Crippen LogP contribution in [0.5, 0.6) is 5.75 Å². The number of nitrogens with zero attached hydrogens (tertiary/aromatic N) is 2. The molecule has 0 saturated carbocycles. The molecule has 0 radical (unpaired) electrons. The van der Waals surface area contributed by atoms with Gasteiger partial charge in [0.05, 0.1) is 18.4 Å². The number of carbonyl (C=O) groups excluding carboxylic acids is 1. The molecule has 3 rings (SSSR count). The number of carbonyl (C=O) groups is 1. The molecule has 1 fully saturated rings. The molecule has 0 aliphatic carbocycles. The third kappa shape index (κ3) is 4.50. The van der Waals surface area contributed by atoms with Crippen LogP contribution in [0.3, 0.4) is 0 Å². The molecule has 0 atom stereocenters. The molecule has 1 N–H and O–H groups in total. The van der Waals surface area contributed by atoms with Crippen molar-refractivity contribution in [2.24, 2.45) is 5.92 Å². The molecular weight excluding hydrogens is 314 g/mol. The van der Waals surface area contributed by atoms with Crippen LogP contribution in [-0.2, 0) is 6.54 Å². The monoisotopic (exact) mass is 339 g/mol. The molecule has 25 heavy (non-hydrogen) atoms. The molecule has 1 aliphatic heterocycles. The summed E-state index contributed by atoms with van der Waals surface area (Å²) in [6, 6.07) is 9.79. The van der Waals surface area contributed by atoms with Gasteiger partial charge in [0, 0.05) is 32.0 Å². The molecule has 2 heterocycles. The van der Waals surface area contributed by atoms with Crippen LogP contribution in [0.25, 0.3) is 0 Å². The molecule has 5 nitrogen and oxygen atoms in total. The smallest absolute Gasteiger partial charge is 0.255 e. The van der Waals surface area contributed by atoms with Gasteiger partial charge in [-0.25, -0.2) is 0 Å². The first-order valence-corrected chi connectivity index (χ1v) is 8.77. The lowest BCUT2D eigenvalue weighted by atomic mass is 9.99. The summed E-state index contributed by atoms with van der Waals surface area (Å²) in [5.41, 5.74) is 2.64. The van der Waals surface area contributed by atoms with Gasteiger partial charge in [0.1, 0.15) is 5.75 Å². The summed E-state index contributed by atoms with van der Waals surface area (Å²) in [5, 5.41) is 3.33. The Morgan fingerprint density at radius 1 is 1.24 bits per heavy atom. The van der Waals surface area contributed by atoms with Crippen molar-refractivity contribution in [3.8, 4) is 5.75 Å². The lowest BCUT2D eigenvalue weighted by molar-refractivity contribution is 0.0697. The number of hydrogen-bond donors (Lipinski definition) is 1. The van der Waals surface area contributed by atoms with E-state index < -0.39 is 0 Å². The zero-order chi connectivity index (χ0) is 17.6. The summed E-state index contributed by atoms with van der Waals surface area (Å²) in [4.78, 5) is 18.8. The second-order valence-electron chi connectivity index (χ2n) is 6.64. The Bertz CT molecular complexity index is 707. The minimum absolute atomic E-state index is 0.0764. The van der Waals surface area contributed by atoms with E-state index in [2.05, 4.69) is 17.2 Å². The minimum Gasteiger partial charge on any atom is -0.497 e. The average molecular weight is 339 g/mol. The summed E-state index contributed by atoms with van der Waals surface area (Å²) < 4.78 is 5.17. The van der Waals surface area contributed by atoms with Crippen LogP contribution in [0.1, 0.15) is 35.7 Å². The number of likely N-dealkylation sites (tertiary alicyclic amines) is 1. The van der Waals surface area contributed by atoms with Crippen molar-refractivity contribution in [3.05, 3.63) is 53.9 Å². The molecule has 0 unspecified atom stereocenters. The Hall–Kier alpha value is -2.56. The predicted octanol–water partition coefficient (Wildman–Crippen LogP) is 3.57. The largest absolute Gasteiger partial charge is 0.497 e. The fourth-order valence-electron chi connectivity index (χ4n) is 3.00. The van der Waals surface area contributed by atoms with Crippen molar-refractivity contribution in [1.29, 1.82) is 0 Å². The van der Waals surface area contributed by atoms with Crippen molar-refractivity contribution in [1.82, 2.24) is 9.88 Å². The van der Waals surface area contributed by atoms with E-state index in [0.29, 0.717) is 18.0 Å². The van der Waals surface area contributed by atoms with Crippen LogP contribution in [0.2, 0.25) is 0 Å². The Balaban J connectivity index is 1.61. The Labute approximate surface area is 149 Å². The molecular formula is C20H25N3O2. The first-order chi connectivity index (χ1) is 12.2. The number of piperidine rings is 1. The number of ether oxygens (including phenoxy) is 1. The highest BCUT2D eigenvalue weighted by molar-refractivity contribution is 5.94. The third-order valence-electron chi connectivity index (χ3n) is 4.71. The van der Waals surface area contributed by atoms with Gasteiger partial charge < -0.3 is 15.0 Å². The zero-order valence-corrected chi connectivity index (χ0v) is 14.9. The van der Waals surface area contributed by atoms with E-state index in [9.17, 15) is 4.79 Å². The fraction of sp³-hybridized carbons (Fsp3) is 0.400.